The first-order valence-corrected chi connectivity index (χ1v) is 8.59. The molecular weight excluding hydrogens is 335 g/mol. The highest BCUT2D eigenvalue weighted by atomic mass is 19.4. The van der Waals surface area contributed by atoms with Crippen LogP contribution in [0.1, 0.15) is 50.2 Å². The summed E-state index contributed by atoms with van der Waals surface area (Å²) in [7, 11) is 0. The van der Waals surface area contributed by atoms with Crippen LogP contribution in [0.3, 0.4) is 0 Å². The summed E-state index contributed by atoms with van der Waals surface area (Å²) in [6, 6.07) is 3.94. The molecule has 7 heteroatoms. The van der Waals surface area contributed by atoms with Crippen LogP contribution in [0.15, 0.2) is 18.2 Å². The maximum Gasteiger partial charge on any atom is 0.419 e. The number of aliphatic hydroxyl groups is 2. The molecule has 1 rings (SSSR count). The van der Waals surface area contributed by atoms with Crippen molar-refractivity contribution in [2.45, 2.75) is 57.2 Å². The second-order valence-corrected chi connectivity index (χ2v) is 6.42. The van der Waals surface area contributed by atoms with E-state index in [1.165, 1.54) is 6.07 Å². The van der Waals surface area contributed by atoms with Crippen molar-refractivity contribution in [2.24, 2.45) is 5.73 Å². The van der Waals surface area contributed by atoms with E-state index in [1.54, 1.807) is 6.07 Å². The Bertz CT molecular complexity index is 517. The molecule has 25 heavy (non-hydrogen) atoms. The molecule has 4 nitrogen and oxygen atoms in total. The Morgan fingerprint density at radius 2 is 1.76 bits per heavy atom. The lowest BCUT2D eigenvalue weighted by molar-refractivity contribution is -0.139. The van der Waals surface area contributed by atoms with Crippen LogP contribution < -0.4 is 10.5 Å². The third-order valence-electron chi connectivity index (χ3n) is 4.15. The van der Waals surface area contributed by atoms with Crippen LogP contribution in [0.25, 0.3) is 0 Å². The number of hydrogen-bond donors (Lipinski definition) is 3. The maximum atomic E-state index is 13.3. The number of alkyl halides is 3. The summed E-state index contributed by atoms with van der Waals surface area (Å²) >= 11 is 0. The summed E-state index contributed by atoms with van der Waals surface area (Å²) in [4.78, 5) is 0. The molecule has 0 atom stereocenters. The van der Waals surface area contributed by atoms with E-state index >= 15 is 0 Å². The lowest BCUT2D eigenvalue weighted by Crippen LogP contribution is -2.47. The van der Waals surface area contributed by atoms with E-state index in [0.29, 0.717) is 5.56 Å². The topological polar surface area (TPSA) is 75.7 Å². The Morgan fingerprint density at radius 3 is 2.32 bits per heavy atom. The van der Waals surface area contributed by atoms with Crippen LogP contribution in [-0.2, 0) is 12.6 Å². The lowest BCUT2D eigenvalue weighted by Gasteiger charge is -2.24. The van der Waals surface area contributed by atoms with Crippen molar-refractivity contribution >= 4 is 0 Å². The normalized spacial score (nSPS) is 12.4. The van der Waals surface area contributed by atoms with Gasteiger partial charge in [0.15, 0.2) is 0 Å². The van der Waals surface area contributed by atoms with Gasteiger partial charge in [-0.3, -0.25) is 0 Å². The molecule has 144 valence electrons. The number of rotatable bonds is 11. The monoisotopic (exact) mass is 363 g/mol. The fourth-order valence-electron chi connectivity index (χ4n) is 2.39. The van der Waals surface area contributed by atoms with Crippen molar-refractivity contribution in [3.05, 3.63) is 29.3 Å². The number of halogens is 3. The van der Waals surface area contributed by atoms with Crippen LogP contribution >= 0.6 is 0 Å². The maximum absolute atomic E-state index is 13.3. The van der Waals surface area contributed by atoms with Gasteiger partial charge in [0.25, 0.3) is 0 Å². The van der Waals surface area contributed by atoms with E-state index in [0.717, 1.165) is 31.7 Å². The standard InChI is InChI=1S/C18H28F3NO3/c1-2-3-4-5-10-25-16-7-6-14(11-15(16)18(19,20)21)8-9-17(22,12-23)13-24/h6-7,11,23-24H,2-5,8-10,12-13,22H2,1H3. The first kappa shape index (κ1) is 21.7. The Labute approximate surface area is 146 Å². The molecular formula is C18H28F3NO3. The zero-order chi connectivity index (χ0) is 18.9. The molecule has 0 saturated heterocycles. The molecule has 0 spiro atoms. The van der Waals surface area contributed by atoms with Gasteiger partial charge in [0.1, 0.15) is 5.75 Å². The number of aryl methyl sites for hydroxylation is 1. The lowest BCUT2D eigenvalue weighted by atomic mass is 9.93. The minimum Gasteiger partial charge on any atom is -0.493 e. The number of hydrogen-bond acceptors (Lipinski definition) is 4. The molecule has 0 saturated carbocycles. The SMILES string of the molecule is CCCCCCOc1ccc(CCC(N)(CO)CO)cc1C(F)(F)F. The molecule has 1 aromatic rings. The molecule has 0 heterocycles. The van der Waals surface area contributed by atoms with E-state index < -0.39 is 30.5 Å². The fraction of sp³-hybridized carbons (Fsp3) is 0.667. The summed E-state index contributed by atoms with van der Waals surface area (Å²) < 4.78 is 45.2. The summed E-state index contributed by atoms with van der Waals surface area (Å²) in [6.45, 7) is 1.44. The molecule has 0 aromatic heterocycles. The predicted octanol–water partition coefficient (Wildman–Crippen LogP) is 3.28. The van der Waals surface area contributed by atoms with E-state index in [4.69, 9.17) is 20.7 Å². The number of benzene rings is 1. The summed E-state index contributed by atoms with van der Waals surface area (Å²) in [5, 5.41) is 18.3. The Hall–Kier alpha value is -1.31. The molecule has 0 aliphatic carbocycles. The molecule has 0 fully saturated rings. The van der Waals surface area contributed by atoms with E-state index in [1.807, 2.05) is 0 Å². The van der Waals surface area contributed by atoms with Crippen molar-refractivity contribution < 1.29 is 28.1 Å². The second kappa shape index (κ2) is 9.99. The highest BCUT2D eigenvalue weighted by Crippen LogP contribution is 2.37. The molecule has 0 aliphatic heterocycles. The fourth-order valence-corrected chi connectivity index (χ4v) is 2.39. The Morgan fingerprint density at radius 1 is 1.08 bits per heavy atom. The van der Waals surface area contributed by atoms with E-state index in [2.05, 4.69) is 6.92 Å². The van der Waals surface area contributed by atoms with Crippen molar-refractivity contribution in [2.75, 3.05) is 19.8 Å². The average Bonchev–Trinajstić information content (AvgIpc) is 2.59. The molecule has 0 aliphatic rings. The third-order valence-corrected chi connectivity index (χ3v) is 4.15. The van der Waals surface area contributed by atoms with Crippen molar-refractivity contribution in [1.82, 2.24) is 0 Å². The van der Waals surface area contributed by atoms with Gasteiger partial charge >= 0.3 is 6.18 Å². The number of unbranched alkanes of at least 4 members (excludes halogenated alkanes) is 3. The molecule has 1 aromatic carbocycles. The molecule has 0 bridgehead atoms. The molecule has 0 radical (unpaired) electrons. The van der Waals surface area contributed by atoms with Gasteiger partial charge in [0.05, 0.1) is 30.9 Å². The summed E-state index contributed by atoms with van der Waals surface area (Å²) in [5.74, 6) is -0.170. The van der Waals surface area contributed by atoms with Crippen LogP contribution in [0.4, 0.5) is 13.2 Å². The first-order chi connectivity index (χ1) is 11.8. The largest absolute Gasteiger partial charge is 0.493 e. The van der Waals surface area contributed by atoms with Gasteiger partial charge in [-0.25, -0.2) is 0 Å². The second-order valence-electron chi connectivity index (χ2n) is 6.42. The van der Waals surface area contributed by atoms with Crippen LogP contribution in [0, 0.1) is 0 Å². The zero-order valence-electron chi connectivity index (χ0n) is 14.6. The van der Waals surface area contributed by atoms with Crippen molar-refractivity contribution in [3.63, 3.8) is 0 Å². The highest BCUT2D eigenvalue weighted by Gasteiger charge is 2.35. The molecule has 0 amide bonds. The van der Waals surface area contributed by atoms with Gasteiger partial charge in [-0.15, -0.1) is 0 Å². The average molecular weight is 363 g/mol. The van der Waals surface area contributed by atoms with Gasteiger partial charge in [-0.05, 0) is 37.0 Å². The van der Waals surface area contributed by atoms with Crippen LogP contribution in [0.2, 0.25) is 0 Å². The Balaban J connectivity index is 2.80. The van der Waals surface area contributed by atoms with E-state index in [-0.39, 0.29) is 25.2 Å². The van der Waals surface area contributed by atoms with E-state index in [9.17, 15) is 13.2 Å². The van der Waals surface area contributed by atoms with Crippen molar-refractivity contribution in [3.8, 4) is 5.75 Å². The minimum atomic E-state index is -4.51. The van der Waals surface area contributed by atoms with Gasteiger partial charge in [-0.1, -0.05) is 32.3 Å². The summed E-state index contributed by atoms with van der Waals surface area (Å²) in [6.07, 6.45) is -0.390. The third kappa shape index (κ3) is 7.22. The van der Waals surface area contributed by atoms with Gasteiger partial charge < -0.3 is 20.7 Å². The van der Waals surface area contributed by atoms with Gasteiger partial charge in [0, 0.05) is 0 Å². The predicted molar refractivity (Wildman–Crippen MR) is 90.5 cm³/mol. The molecule has 4 N–H and O–H groups in total. The first-order valence-electron chi connectivity index (χ1n) is 8.59. The Kier molecular flexibility index (Phi) is 8.68. The van der Waals surface area contributed by atoms with Crippen molar-refractivity contribution in [1.29, 1.82) is 0 Å². The zero-order valence-corrected chi connectivity index (χ0v) is 14.6. The minimum absolute atomic E-state index is 0.170. The number of nitrogens with two attached hydrogens (primary N) is 1. The van der Waals surface area contributed by atoms with Crippen LogP contribution in [-0.4, -0.2) is 35.6 Å². The number of ether oxygens (including phenoxy) is 1. The smallest absolute Gasteiger partial charge is 0.419 e. The number of aliphatic hydroxyl groups excluding tert-OH is 2. The van der Waals surface area contributed by atoms with Gasteiger partial charge in [0.2, 0.25) is 0 Å². The summed E-state index contributed by atoms with van der Waals surface area (Å²) in [5.41, 5.74) is 4.18. The van der Waals surface area contributed by atoms with Gasteiger partial charge in [-0.2, -0.15) is 13.2 Å². The highest BCUT2D eigenvalue weighted by molar-refractivity contribution is 5.39. The molecule has 0 unspecified atom stereocenters. The quantitative estimate of drug-likeness (QED) is 0.528. The van der Waals surface area contributed by atoms with Crippen LogP contribution in [0.5, 0.6) is 5.75 Å².